The lowest BCUT2D eigenvalue weighted by Crippen LogP contribution is -2.31. The molecule has 2 heteroatoms. The molecule has 0 bridgehead atoms. The molecule has 72 valence electrons. The van der Waals surface area contributed by atoms with Crippen molar-refractivity contribution in [3.63, 3.8) is 0 Å². The van der Waals surface area contributed by atoms with E-state index >= 15 is 0 Å². The van der Waals surface area contributed by atoms with Gasteiger partial charge in [0.15, 0.2) is 0 Å². The van der Waals surface area contributed by atoms with Crippen LogP contribution in [0.15, 0.2) is 0 Å². The van der Waals surface area contributed by atoms with Crippen LogP contribution < -0.4 is 5.73 Å². The molecule has 1 aliphatic carbocycles. The molecule has 0 amide bonds. The quantitative estimate of drug-likeness (QED) is 0.659. The predicted molar refractivity (Wildman–Crippen MR) is 50.8 cm³/mol. The van der Waals surface area contributed by atoms with Crippen molar-refractivity contribution in [2.24, 2.45) is 17.1 Å². The van der Waals surface area contributed by atoms with E-state index in [1.54, 1.807) is 0 Å². The first-order chi connectivity index (χ1) is 5.67. The topological polar surface area (TPSA) is 46.2 Å². The van der Waals surface area contributed by atoms with Gasteiger partial charge in [-0.15, -0.1) is 0 Å². The maximum absolute atomic E-state index is 9.86. The Balaban J connectivity index is 2.35. The molecule has 0 saturated heterocycles. The molecule has 0 aromatic rings. The fourth-order valence-corrected chi connectivity index (χ4v) is 2.08. The molecule has 1 rings (SSSR count). The second kappa shape index (κ2) is 3.75. The van der Waals surface area contributed by atoms with Gasteiger partial charge in [0.1, 0.15) is 0 Å². The number of nitrogens with two attached hydrogens (primary N) is 1. The average molecular weight is 171 g/mol. The third-order valence-corrected chi connectivity index (χ3v) is 3.38. The number of hydrogen-bond acceptors (Lipinski definition) is 2. The van der Waals surface area contributed by atoms with Crippen molar-refractivity contribution >= 4 is 0 Å². The molecule has 3 atom stereocenters. The van der Waals surface area contributed by atoms with Crippen molar-refractivity contribution in [2.45, 2.75) is 45.6 Å². The third-order valence-electron chi connectivity index (χ3n) is 3.38. The summed E-state index contributed by atoms with van der Waals surface area (Å²) < 4.78 is 0. The number of rotatable bonds is 5. The highest BCUT2D eigenvalue weighted by Gasteiger charge is 2.54. The van der Waals surface area contributed by atoms with Crippen LogP contribution >= 0.6 is 0 Å². The molecule has 3 N–H and O–H groups in total. The van der Waals surface area contributed by atoms with Crippen LogP contribution in [0.1, 0.15) is 39.5 Å². The predicted octanol–water partition coefficient (Wildman–Crippen LogP) is 1.52. The third kappa shape index (κ3) is 1.64. The minimum absolute atomic E-state index is 0.0924. The molecule has 0 heterocycles. The molecule has 0 spiro atoms. The molecule has 12 heavy (non-hydrogen) atoms. The Morgan fingerprint density at radius 2 is 2.25 bits per heavy atom. The smallest absolute Gasteiger partial charge is 0.0611 e. The molecule has 0 unspecified atom stereocenters. The van der Waals surface area contributed by atoms with Crippen molar-refractivity contribution in [3.05, 3.63) is 0 Å². The standard InChI is InChI=1S/C10H21NO/c1-3-4-5-9(12)10(7-11)6-8(10)2/h8-9,12H,3-7,11H2,1-2H3/t8-,9-,10+/m0/s1. The van der Waals surface area contributed by atoms with E-state index in [1.165, 1.54) is 0 Å². The summed E-state index contributed by atoms with van der Waals surface area (Å²) in [6.45, 7) is 4.99. The van der Waals surface area contributed by atoms with E-state index in [1.807, 2.05) is 0 Å². The Hall–Kier alpha value is -0.0800. The van der Waals surface area contributed by atoms with Gasteiger partial charge in [-0.05, 0) is 18.8 Å². The molecule has 1 aliphatic rings. The van der Waals surface area contributed by atoms with Gasteiger partial charge in [0.05, 0.1) is 6.10 Å². The first-order valence-electron chi connectivity index (χ1n) is 5.05. The number of hydrogen-bond donors (Lipinski definition) is 2. The van der Waals surface area contributed by atoms with Gasteiger partial charge in [-0.2, -0.15) is 0 Å². The second-order valence-electron chi connectivity index (χ2n) is 4.20. The Labute approximate surface area is 75.2 Å². The lowest BCUT2D eigenvalue weighted by Gasteiger charge is -2.21. The Bertz CT molecular complexity index is 145. The highest BCUT2D eigenvalue weighted by atomic mass is 16.3. The molecule has 0 radical (unpaired) electrons. The van der Waals surface area contributed by atoms with E-state index in [-0.39, 0.29) is 11.5 Å². The van der Waals surface area contributed by atoms with Crippen LogP contribution in [-0.2, 0) is 0 Å². The van der Waals surface area contributed by atoms with E-state index in [4.69, 9.17) is 5.73 Å². The van der Waals surface area contributed by atoms with Crippen LogP contribution in [0, 0.1) is 11.3 Å². The molecular formula is C10H21NO. The van der Waals surface area contributed by atoms with Crippen LogP contribution in [-0.4, -0.2) is 17.8 Å². The van der Waals surface area contributed by atoms with Gasteiger partial charge in [-0.3, -0.25) is 0 Å². The fourth-order valence-electron chi connectivity index (χ4n) is 2.08. The number of aliphatic hydroxyl groups is 1. The van der Waals surface area contributed by atoms with Gasteiger partial charge in [0, 0.05) is 12.0 Å². The first kappa shape index (κ1) is 10.0. The molecule has 1 saturated carbocycles. The summed E-state index contributed by atoms with van der Waals surface area (Å²) >= 11 is 0. The summed E-state index contributed by atoms with van der Waals surface area (Å²) in [5, 5.41) is 9.86. The summed E-state index contributed by atoms with van der Waals surface area (Å²) in [6, 6.07) is 0. The largest absolute Gasteiger partial charge is 0.392 e. The minimum atomic E-state index is -0.155. The summed E-state index contributed by atoms with van der Waals surface area (Å²) in [5.41, 5.74) is 5.76. The summed E-state index contributed by atoms with van der Waals surface area (Å²) in [7, 11) is 0. The van der Waals surface area contributed by atoms with Crippen molar-refractivity contribution in [2.75, 3.05) is 6.54 Å². The van der Waals surface area contributed by atoms with E-state index < -0.39 is 0 Å². The normalized spacial score (nSPS) is 36.5. The van der Waals surface area contributed by atoms with Gasteiger partial charge in [-0.1, -0.05) is 26.7 Å². The monoisotopic (exact) mass is 171 g/mol. The van der Waals surface area contributed by atoms with Crippen molar-refractivity contribution in [1.29, 1.82) is 0 Å². The zero-order chi connectivity index (χ0) is 9.19. The van der Waals surface area contributed by atoms with Crippen molar-refractivity contribution < 1.29 is 5.11 Å². The number of aliphatic hydroxyl groups excluding tert-OH is 1. The van der Waals surface area contributed by atoms with Crippen LogP contribution in [0.4, 0.5) is 0 Å². The Morgan fingerprint density at radius 1 is 1.67 bits per heavy atom. The van der Waals surface area contributed by atoms with E-state index in [0.29, 0.717) is 12.5 Å². The average Bonchev–Trinajstić information content (AvgIpc) is 2.74. The molecular weight excluding hydrogens is 150 g/mol. The van der Waals surface area contributed by atoms with Crippen LogP contribution in [0.3, 0.4) is 0 Å². The van der Waals surface area contributed by atoms with E-state index in [2.05, 4.69) is 13.8 Å². The van der Waals surface area contributed by atoms with Crippen LogP contribution in [0.5, 0.6) is 0 Å². The summed E-state index contributed by atoms with van der Waals surface area (Å²) in [4.78, 5) is 0. The zero-order valence-electron chi connectivity index (χ0n) is 8.21. The molecule has 0 aromatic heterocycles. The lowest BCUT2D eigenvalue weighted by molar-refractivity contribution is 0.0784. The molecule has 0 aromatic carbocycles. The van der Waals surface area contributed by atoms with Gasteiger partial charge >= 0.3 is 0 Å². The van der Waals surface area contributed by atoms with Crippen LogP contribution in [0.25, 0.3) is 0 Å². The maximum atomic E-state index is 9.86. The van der Waals surface area contributed by atoms with Gasteiger partial charge in [0.25, 0.3) is 0 Å². The Morgan fingerprint density at radius 3 is 2.58 bits per heavy atom. The highest BCUT2D eigenvalue weighted by Crippen LogP contribution is 2.54. The second-order valence-corrected chi connectivity index (χ2v) is 4.20. The maximum Gasteiger partial charge on any atom is 0.0611 e. The van der Waals surface area contributed by atoms with Gasteiger partial charge in [-0.25, -0.2) is 0 Å². The Kier molecular flexibility index (Phi) is 3.13. The molecule has 0 aliphatic heterocycles. The van der Waals surface area contributed by atoms with Gasteiger partial charge in [0.2, 0.25) is 0 Å². The summed E-state index contributed by atoms with van der Waals surface area (Å²) in [5.74, 6) is 0.634. The SMILES string of the molecule is CCCC[C@H](O)[C@@]1(CN)C[C@@H]1C. The first-order valence-corrected chi connectivity index (χ1v) is 5.05. The fraction of sp³-hybridized carbons (Fsp3) is 1.00. The van der Waals surface area contributed by atoms with Crippen molar-refractivity contribution in [1.82, 2.24) is 0 Å². The minimum Gasteiger partial charge on any atom is -0.392 e. The van der Waals surface area contributed by atoms with Gasteiger partial charge < -0.3 is 10.8 Å². The number of unbranched alkanes of at least 4 members (excludes halogenated alkanes) is 1. The van der Waals surface area contributed by atoms with E-state index in [9.17, 15) is 5.11 Å². The zero-order valence-corrected chi connectivity index (χ0v) is 8.21. The van der Waals surface area contributed by atoms with Crippen LogP contribution in [0.2, 0.25) is 0 Å². The van der Waals surface area contributed by atoms with Crippen molar-refractivity contribution in [3.8, 4) is 0 Å². The molecule has 1 fully saturated rings. The molecule has 2 nitrogen and oxygen atoms in total. The summed E-state index contributed by atoms with van der Waals surface area (Å²) in [6.07, 6.45) is 4.17. The lowest BCUT2D eigenvalue weighted by atomic mass is 9.92. The van der Waals surface area contributed by atoms with E-state index in [0.717, 1.165) is 25.7 Å². The highest BCUT2D eigenvalue weighted by molar-refractivity contribution is 5.05.